The fourth-order valence-corrected chi connectivity index (χ4v) is 1.26. The predicted molar refractivity (Wildman–Crippen MR) is 61.4 cm³/mol. The average molecular weight is 259 g/mol. The molecule has 100 valence electrons. The van der Waals surface area contributed by atoms with Crippen LogP contribution in [0.25, 0.3) is 0 Å². The molecule has 0 fully saturated rings. The summed E-state index contributed by atoms with van der Waals surface area (Å²) in [6, 6.07) is 2.76. The van der Waals surface area contributed by atoms with Gasteiger partial charge in [0.1, 0.15) is 17.4 Å². The van der Waals surface area contributed by atoms with Gasteiger partial charge in [-0.25, -0.2) is 8.78 Å². The van der Waals surface area contributed by atoms with Crippen LogP contribution in [0.15, 0.2) is 18.2 Å². The third kappa shape index (κ3) is 5.58. The molecule has 0 aromatic heterocycles. The smallest absolute Gasteiger partial charge is 0.257 e. The Hall–Kier alpha value is -1.69. The summed E-state index contributed by atoms with van der Waals surface area (Å²) in [4.78, 5) is 11.3. The van der Waals surface area contributed by atoms with Gasteiger partial charge >= 0.3 is 0 Å². The van der Waals surface area contributed by atoms with Gasteiger partial charge in [0.15, 0.2) is 6.61 Å². The molecule has 0 aliphatic rings. The van der Waals surface area contributed by atoms with Crippen molar-refractivity contribution in [2.24, 2.45) is 0 Å². The van der Waals surface area contributed by atoms with Crippen LogP contribution < -0.4 is 10.1 Å². The van der Waals surface area contributed by atoms with Gasteiger partial charge in [0, 0.05) is 38.5 Å². The molecule has 0 aliphatic carbocycles. The van der Waals surface area contributed by atoms with Crippen molar-refractivity contribution in [3.05, 3.63) is 29.8 Å². The van der Waals surface area contributed by atoms with Crippen LogP contribution in [0.3, 0.4) is 0 Å². The lowest BCUT2D eigenvalue weighted by Gasteiger charge is -2.07. The topological polar surface area (TPSA) is 47.6 Å². The van der Waals surface area contributed by atoms with E-state index >= 15 is 0 Å². The van der Waals surface area contributed by atoms with Gasteiger partial charge in [-0.3, -0.25) is 4.79 Å². The number of rotatable bonds is 7. The number of halogens is 2. The van der Waals surface area contributed by atoms with Gasteiger partial charge in [0.05, 0.1) is 0 Å². The third-order valence-electron chi connectivity index (χ3n) is 2.05. The Balaban J connectivity index is 2.29. The van der Waals surface area contributed by atoms with Gasteiger partial charge in [0.2, 0.25) is 0 Å². The van der Waals surface area contributed by atoms with Crippen molar-refractivity contribution >= 4 is 5.91 Å². The van der Waals surface area contributed by atoms with Crippen molar-refractivity contribution in [3.63, 3.8) is 0 Å². The summed E-state index contributed by atoms with van der Waals surface area (Å²) in [6.07, 6.45) is 0.691. The maximum Gasteiger partial charge on any atom is 0.257 e. The first-order valence-corrected chi connectivity index (χ1v) is 5.46. The lowest BCUT2D eigenvalue weighted by molar-refractivity contribution is -0.123. The summed E-state index contributed by atoms with van der Waals surface area (Å²) < 4.78 is 35.4. The average Bonchev–Trinajstić information content (AvgIpc) is 2.31. The second kappa shape index (κ2) is 7.60. The second-order valence-electron chi connectivity index (χ2n) is 3.59. The van der Waals surface area contributed by atoms with Gasteiger partial charge in [-0.1, -0.05) is 0 Å². The normalized spacial score (nSPS) is 10.2. The summed E-state index contributed by atoms with van der Waals surface area (Å²) in [6.45, 7) is 0.736. The quantitative estimate of drug-likeness (QED) is 0.755. The Morgan fingerprint density at radius 3 is 2.56 bits per heavy atom. The van der Waals surface area contributed by atoms with Crippen LogP contribution in [0.1, 0.15) is 6.42 Å². The molecule has 18 heavy (non-hydrogen) atoms. The fraction of sp³-hybridized carbons (Fsp3) is 0.417. The SMILES string of the molecule is COCCCNC(=O)COc1cc(F)cc(F)c1. The van der Waals surface area contributed by atoms with E-state index in [-0.39, 0.29) is 18.3 Å². The molecule has 6 heteroatoms. The van der Waals surface area contributed by atoms with Crippen LogP contribution in [0.5, 0.6) is 5.75 Å². The summed E-state index contributed by atoms with van der Waals surface area (Å²) in [5.74, 6) is -1.86. The summed E-state index contributed by atoms with van der Waals surface area (Å²) in [5, 5.41) is 2.59. The van der Waals surface area contributed by atoms with E-state index in [9.17, 15) is 13.6 Å². The van der Waals surface area contributed by atoms with Crippen molar-refractivity contribution in [1.29, 1.82) is 0 Å². The lowest BCUT2D eigenvalue weighted by atomic mass is 10.3. The monoisotopic (exact) mass is 259 g/mol. The van der Waals surface area contributed by atoms with E-state index in [0.29, 0.717) is 19.6 Å². The minimum absolute atomic E-state index is 0.0143. The van der Waals surface area contributed by atoms with E-state index in [4.69, 9.17) is 9.47 Å². The van der Waals surface area contributed by atoms with Crippen LogP contribution >= 0.6 is 0 Å². The van der Waals surface area contributed by atoms with Crippen molar-refractivity contribution in [3.8, 4) is 5.75 Å². The molecule has 0 radical (unpaired) electrons. The Morgan fingerprint density at radius 1 is 1.28 bits per heavy atom. The van der Waals surface area contributed by atoms with E-state index in [1.165, 1.54) is 0 Å². The number of carbonyl (C=O) groups excluding carboxylic acids is 1. The van der Waals surface area contributed by atoms with Gasteiger partial charge in [-0.2, -0.15) is 0 Å². The fourth-order valence-electron chi connectivity index (χ4n) is 1.26. The first-order valence-electron chi connectivity index (χ1n) is 5.46. The van der Waals surface area contributed by atoms with Gasteiger partial charge in [0.25, 0.3) is 5.91 Å². The summed E-state index contributed by atoms with van der Waals surface area (Å²) >= 11 is 0. The van der Waals surface area contributed by atoms with Crippen LogP contribution in [0, 0.1) is 11.6 Å². The molecule has 0 heterocycles. The summed E-state index contributed by atoms with van der Waals surface area (Å²) in [5.41, 5.74) is 0. The molecule has 0 unspecified atom stereocenters. The van der Waals surface area contributed by atoms with E-state index in [0.717, 1.165) is 18.2 Å². The Morgan fingerprint density at radius 2 is 1.94 bits per heavy atom. The number of hydrogen-bond acceptors (Lipinski definition) is 3. The molecule has 1 aromatic rings. The van der Waals surface area contributed by atoms with Crippen molar-refractivity contribution in [1.82, 2.24) is 5.32 Å². The van der Waals surface area contributed by atoms with Crippen molar-refractivity contribution in [2.75, 3.05) is 26.9 Å². The molecule has 1 amide bonds. The second-order valence-corrected chi connectivity index (χ2v) is 3.59. The number of ether oxygens (including phenoxy) is 2. The highest BCUT2D eigenvalue weighted by Gasteiger charge is 2.05. The van der Waals surface area contributed by atoms with E-state index in [1.54, 1.807) is 7.11 Å². The molecule has 1 rings (SSSR count). The van der Waals surface area contributed by atoms with E-state index in [1.807, 2.05) is 0 Å². The molecular weight excluding hydrogens is 244 g/mol. The van der Waals surface area contributed by atoms with Crippen molar-refractivity contribution in [2.45, 2.75) is 6.42 Å². The molecule has 0 aliphatic heterocycles. The number of amides is 1. The molecule has 0 saturated carbocycles. The zero-order chi connectivity index (χ0) is 13.4. The van der Waals surface area contributed by atoms with Gasteiger partial charge in [-0.15, -0.1) is 0 Å². The third-order valence-corrected chi connectivity index (χ3v) is 2.05. The molecule has 4 nitrogen and oxygen atoms in total. The highest BCUT2D eigenvalue weighted by atomic mass is 19.1. The van der Waals surface area contributed by atoms with Gasteiger partial charge in [-0.05, 0) is 6.42 Å². The number of methoxy groups -OCH3 is 1. The first kappa shape index (κ1) is 14.4. The molecule has 1 aromatic carbocycles. The largest absolute Gasteiger partial charge is 0.484 e. The molecule has 0 atom stereocenters. The molecule has 0 bridgehead atoms. The number of carbonyl (C=O) groups is 1. The Labute approximate surface area is 104 Å². The standard InChI is InChI=1S/C12H15F2NO3/c1-17-4-2-3-15-12(16)8-18-11-6-9(13)5-10(14)7-11/h5-7H,2-4,8H2,1H3,(H,15,16). The Kier molecular flexibility index (Phi) is 6.07. The first-order chi connectivity index (χ1) is 8.61. The van der Waals surface area contributed by atoms with Gasteiger partial charge < -0.3 is 14.8 Å². The zero-order valence-electron chi connectivity index (χ0n) is 10.0. The number of benzene rings is 1. The Bertz CT molecular complexity index is 379. The minimum Gasteiger partial charge on any atom is -0.484 e. The van der Waals surface area contributed by atoms with Crippen LogP contribution in [-0.2, 0) is 9.53 Å². The maximum absolute atomic E-state index is 12.8. The minimum atomic E-state index is -0.745. The van der Waals surface area contributed by atoms with Crippen LogP contribution in [-0.4, -0.2) is 32.8 Å². The van der Waals surface area contributed by atoms with Crippen LogP contribution in [0.4, 0.5) is 8.78 Å². The van der Waals surface area contributed by atoms with E-state index < -0.39 is 11.6 Å². The number of nitrogens with one attached hydrogen (secondary N) is 1. The molecule has 0 spiro atoms. The van der Waals surface area contributed by atoms with E-state index in [2.05, 4.69) is 5.32 Å². The summed E-state index contributed by atoms with van der Waals surface area (Å²) in [7, 11) is 1.57. The lowest BCUT2D eigenvalue weighted by Crippen LogP contribution is -2.30. The predicted octanol–water partition coefficient (Wildman–Crippen LogP) is 1.50. The van der Waals surface area contributed by atoms with Crippen LogP contribution in [0.2, 0.25) is 0 Å². The highest BCUT2D eigenvalue weighted by molar-refractivity contribution is 5.77. The van der Waals surface area contributed by atoms with Crippen molar-refractivity contribution < 1.29 is 23.0 Å². The highest BCUT2D eigenvalue weighted by Crippen LogP contribution is 2.14. The molecular formula is C12H15F2NO3. The maximum atomic E-state index is 12.8. The molecule has 1 N–H and O–H groups in total. The molecule has 0 saturated heterocycles. The zero-order valence-corrected chi connectivity index (χ0v) is 10.0. The number of hydrogen-bond donors (Lipinski definition) is 1.